The average molecular weight is 546 g/mol. The second-order valence-electron chi connectivity index (χ2n) is 9.45. The first-order valence-corrected chi connectivity index (χ1v) is 20.2. The Bertz CT molecular complexity index is 314. The summed E-state index contributed by atoms with van der Waals surface area (Å²) in [6.07, 6.45) is 26.1. The zero-order valence-corrected chi connectivity index (χ0v) is 25.0. The molecule has 0 aliphatic heterocycles. The number of hydrogen-bond donors (Lipinski definition) is 1. The molecule has 0 saturated carbocycles. The predicted molar refractivity (Wildman–Crippen MR) is 143 cm³/mol. The first-order chi connectivity index (χ1) is 15.1. The molecule has 31 heavy (non-hydrogen) atoms. The molecule has 3 heteroatoms. The fraction of sp³-hybridized carbons (Fsp3) is 0.964. The predicted octanol–water partition coefficient (Wildman–Crippen LogP) is 10.4. The van der Waals surface area contributed by atoms with Gasteiger partial charge in [0.05, 0.1) is 0 Å². The minimum atomic E-state index is -0.839. The number of hydrogen-bond acceptors (Lipinski definition) is 1. The number of aliphatic carboxylic acids is 1. The second-order valence-corrected chi connectivity index (χ2v) is 18.0. The summed E-state index contributed by atoms with van der Waals surface area (Å²) in [4.78, 5) is 10.3. The second kappa shape index (κ2) is 30.3. The van der Waals surface area contributed by atoms with Gasteiger partial charge in [-0.3, -0.25) is 4.79 Å². The van der Waals surface area contributed by atoms with Crippen LogP contribution in [0.1, 0.15) is 156 Å². The van der Waals surface area contributed by atoms with Crippen molar-refractivity contribution in [2.75, 3.05) is 0 Å². The van der Waals surface area contributed by atoms with Gasteiger partial charge in [-0.15, -0.1) is 0 Å². The van der Waals surface area contributed by atoms with Gasteiger partial charge in [-0.05, 0) is 6.42 Å². The van der Waals surface area contributed by atoms with E-state index in [9.17, 15) is 4.79 Å². The van der Waals surface area contributed by atoms with Crippen LogP contribution in [0.2, 0.25) is 13.3 Å². The third kappa shape index (κ3) is 32.5. The van der Waals surface area contributed by atoms with E-state index in [0.717, 1.165) is 12.8 Å². The molecule has 0 aliphatic rings. The molecule has 0 heterocycles. The number of unbranched alkanes of at least 4 members (excludes halogenated alkanes) is 15. The van der Waals surface area contributed by atoms with Gasteiger partial charge in [0.15, 0.2) is 0 Å². The van der Waals surface area contributed by atoms with E-state index in [2.05, 4.69) is 27.7 Å². The van der Waals surface area contributed by atoms with Gasteiger partial charge in [0.2, 0.25) is 0 Å². The third-order valence-electron chi connectivity index (χ3n) is 6.15. The molecule has 0 amide bonds. The molecule has 0 saturated heterocycles. The third-order valence-corrected chi connectivity index (χ3v) is 15.2. The Labute approximate surface area is 204 Å². The van der Waals surface area contributed by atoms with Gasteiger partial charge >= 0.3 is 98.3 Å². The summed E-state index contributed by atoms with van der Waals surface area (Å²) >= 11 is -0.839. The van der Waals surface area contributed by atoms with E-state index in [1.165, 1.54) is 109 Å². The van der Waals surface area contributed by atoms with E-state index in [1.807, 2.05) is 0 Å². The monoisotopic (exact) mass is 547 g/mol. The minimum absolute atomic E-state index is 0.345. The Morgan fingerprint density at radius 1 is 0.484 bits per heavy atom. The zero-order chi connectivity index (χ0) is 23.4. The van der Waals surface area contributed by atoms with E-state index in [1.54, 1.807) is 13.3 Å². The van der Waals surface area contributed by atoms with E-state index >= 15 is 0 Å². The van der Waals surface area contributed by atoms with Crippen LogP contribution in [0.5, 0.6) is 0 Å². The van der Waals surface area contributed by atoms with E-state index in [0.29, 0.717) is 6.42 Å². The summed E-state index contributed by atoms with van der Waals surface area (Å²) in [5, 5.41) is 8.49. The number of carbonyl (C=O) groups is 1. The van der Waals surface area contributed by atoms with Crippen molar-refractivity contribution < 1.29 is 9.90 Å². The van der Waals surface area contributed by atoms with Crippen LogP contribution < -0.4 is 0 Å². The van der Waals surface area contributed by atoms with Crippen molar-refractivity contribution in [3.8, 4) is 0 Å². The van der Waals surface area contributed by atoms with Crippen molar-refractivity contribution >= 4 is 25.7 Å². The van der Waals surface area contributed by atoms with Gasteiger partial charge in [-0.1, -0.05) is 84.0 Å². The normalized spacial score (nSPS) is 10.9. The Hall–Kier alpha value is 0.269. The summed E-state index contributed by atoms with van der Waals surface area (Å²) in [6.45, 7) is 9.26. The Kier molecular flexibility index (Phi) is 32.7. The van der Waals surface area contributed by atoms with E-state index in [4.69, 9.17) is 5.11 Å². The molecule has 1 N–H and O–H groups in total. The van der Waals surface area contributed by atoms with Gasteiger partial charge in [0, 0.05) is 6.42 Å². The van der Waals surface area contributed by atoms with Crippen molar-refractivity contribution in [2.45, 2.75) is 169 Å². The van der Waals surface area contributed by atoms with Crippen molar-refractivity contribution in [1.29, 1.82) is 0 Å². The summed E-state index contributed by atoms with van der Waals surface area (Å²) in [5.41, 5.74) is 0. The van der Waals surface area contributed by atoms with E-state index in [-0.39, 0.29) is 0 Å². The Balaban J connectivity index is 0. The number of rotatable bonds is 23. The fourth-order valence-corrected chi connectivity index (χ4v) is 13.4. The van der Waals surface area contributed by atoms with Crippen LogP contribution in [0, 0.1) is 0 Å². The number of carboxylic acids is 1. The van der Waals surface area contributed by atoms with Gasteiger partial charge in [-0.25, -0.2) is 0 Å². The molecular weight excluding hydrogens is 487 g/mol. The standard InChI is InChI=1S/C16H32O2.3C4H9.Sn/c1-2-3-4-5-6-7-8-9-10-11-12-13-14-15-16(17)18;3*1-3-4-2;/h2-15H2,1H3,(H,17,18);3*1,3-4H2,2H3;. The van der Waals surface area contributed by atoms with Crippen molar-refractivity contribution in [3.05, 3.63) is 0 Å². The molecule has 0 aliphatic carbocycles. The van der Waals surface area contributed by atoms with Gasteiger partial charge in [-0.2, -0.15) is 0 Å². The van der Waals surface area contributed by atoms with Crippen LogP contribution in [-0.4, -0.2) is 30.8 Å². The van der Waals surface area contributed by atoms with Crippen LogP contribution in [0.25, 0.3) is 0 Å². The molecule has 0 unspecified atom stereocenters. The van der Waals surface area contributed by atoms with E-state index < -0.39 is 25.7 Å². The molecule has 0 fully saturated rings. The van der Waals surface area contributed by atoms with Crippen LogP contribution >= 0.6 is 0 Å². The first kappa shape index (κ1) is 33.4. The van der Waals surface area contributed by atoms with Gasteiger partial charge < -0.3 is 5.11 Å². The van der Waals surface area contributed by atoms with Crippen molar-refractivity contribution in [3.63, 3.8) is 0 Å². The summed E-state index contributed by atoms with van der Waals surface area (Å²) < 4.78 is 5.04. The van der Waals surface area contributed by atoms with Crippen LogP contribution in [-0.2, 0) is 4.79 Å². The van der Waals surface area contributed by atoms with Crippen LogP contribution in [0.15, 0.2) is 0 Å². The molecule has 0 atom stereocenters. The molecule has 0 spiro atoms. The summed E-state index contributed by atoms with van der Waals surface area (Å²) in [5.74, 6) is -0.655. The molecule has 0 aromatic rings. The van der Waals surface area contributed by atoms with Gasteiger partial charge in [0.25, 0.3) is 0 Å². The fourth-order valence-electron chi connectivity index (χ4n) is 3.95. The summed E-state index contributed by atoms with van der Waals surface area (Å²) in [6, 6.07) is 0. The van der Waals surface area contributed by atoms with Crippen LogP contribution in [0.4, 0.5) is 0 Å². The maximum absolute atomic E-state index is 10.3. The molecule has 0 bridgehead atoms. The topological polar surface area (TPSA) is 37.3 Å². The molecule has 2 nitrogen and oxygen atoms in total. The van der Waals surface area contributed by atoms with Crippen molar-refractivity contribution in [2.24, 2.45) is 0 Å². The van der Waals surface area contributed by atoms with Gasteiger partial charge in [0.1, 0.15) is 0 Å². The Morgan fingerprint density at radius 2 is 0.774 bits per heavy atom. The molecule has 0 aromatic heterocycles. The first-order valence-electron chi connectivity index (χ1n) is 14.2. The molecular formula is C28H59O2Sn. The molecule has 0 aromatic carbocycles. The summed E-state index contributed by atoms with van der Waals surface area (Å²) in [7, 11) is 0. The Morgan fingerprint density at radius 3 is 1.06 bits per heavy atom. The van der Waals surface area contributed by atoms with Crippen LogP contribution in [0.3, 0.4) is 0 Å². The zero-order valence-electron chi connectivity index (χ0n) is 22.1. The molecule has 1 radical (unpaired) electrons. The number of carboxylic acid groups (broad SMARTS) is 1. The molecule has 187 valence electrons. The molecule has 0 rings (SSSR count). The SMILES string of the molecule is CCCCCCCCCCCCCCCC(=O)O.CCC[CH2][Sn]([CH2]CCC)[CH2]CCC. The van der Waals surface area contributed by atoms with Crippen molar-refractivity contribution in [1.82, 2.24) is 0 Å². The average Bonchev–Trinajstić information content (AvgIpc) is 2.76. The quantitative estimate of drug-likeness (QED) is 0.102. The maximum atomic E-state index is 10.3.